The van der Waals surface area contributed by atoms with Crippen LogP contribution in [0.25, 0.3) is 11.1 Å². The van der Waals surface area contributed by atoms with E-state index in [1.807, 2.05) is 19.9 Å². The lowest BCUT2D eigenvalue weighted by Gasteiger charge is -2.25. The number of amides is 2. The van der Waals surface area contributed by atoms with Crippen LogP contribution in [0.2, 0.25) is 0 Å². The third-order valence-corrected chi connectivity index (χ3v) is 7.59. The molecule has 0 aliphatic heterocycles. The monoisotopic (exact) mass is 646 g/mol. The summed E-state index contributed by atoms with van der Waals surface area (Å²) in [5, 5.41) is 12.5. The molecule has 0 saturated heterocycles. The molecule has 8 nitrogen and oxygen atoms in total. The predicted octanol–water partition coefficient (Wildman–Crippen LogP) is 7.06. The van der Waals surface area contributed by atoms with Crippen LogP contribution < -0.4 is 5.32 Å². The number of ether oxygens (including phenoxy) is 1. The number of benzene rings is 4. The summed E-state index contributed by atoms with van der Waals surface area (Å²) in [5.74, 6) is -3.60. The van der Waals surface area contributed by atoms with Crippen LogP contribution in [0.4, 0.5) is 18.9 Å². The van der Waals surface area contributed by atoms with Crippen LogP contribution in [0.15, 0.2) is 97.1 Å². The third kappa shape index (κ3) is 8.63. The number of carbonyl (C=O) groups is 4. The van der Waals surface area contributed by atoms with Gasteiger partial charge in [0.25, 0.3) is 5.91 Å². The maximum absolute atomic E-state index is 13.3. The smallest absolute Gasteiger partial charge is 0.416 e. The molecule has 4 aromatic carbocycles. The Morgan fingerprint density at radius 1 is 0.830 bits per heavy atom. The molecule has 2 amide bonds. The Balaban J connectivity index is 1.49. The van der Waals surface area contributed by atoms with Crippen LogP contribution in [0.3, 0.4) is 0 Å². The first-order valence-corrected chi connectivity index (χ1v) is 14.9. The molecule has 0 aromatic heterocycles. The summed E-state index contributed by atoms with van der Waals surface area (Å²) in [6, 6.07) is 23.6. The van der Waals surface area contributed by atoms with Crippen molar-refractivity contribution in [1.29, 1.82) is 0 Å². The number of hydrogen-bond donors (Lipinski definition) is 2. The zero-order chi connectivity index (χ0) is 34.1. The lowest BCUT2D eigenvalue weighted by molar-refractivity contribution is -0.145. The normalized spacial score (nSPS) is 11.8. The number of anilines is 1. The molecule has 1 unspecified atom stereocenters. The van der Waals surface area contributed by atoms with E-state index in [0.717, 1.165) is 12.1 Å². The number of carboxylic acids is 1. The molecular weight excluding hydrogens is 613 g/mol. The zero-order valence-electron chi connectivity index (χ0n) is 25.7. The molecule has 244 valence electrons. The SMILES string of the molecule is CCN(CC)C(=O)C(COC(=O)Cc1ccc(NC(=O)c2ccccc2-c2ccc(C(F)(F)F)cc2)c(C(=O)O)c1)c1ccccc1. The van der Waals surface area contributed by atoms with Crippen molar-refractivity contribution in [2.75, 3.05) is 25.0 Å². The maximum atomic E-state index is 13.3. The molecule has 47 heavy (non-hydrogen) atoms. The van der Waals surface area contributed by atoms with Gasteiger partial charge in [0.2, 0.25) is 5.91 Å². The number of rotatable bonds is 12. The summed E-state index contributed by atoms with van der Waals surface area (Å²) in [5.41, 5.74) is 0.677. The number of nitrogens with zero attached hydrogens (tertiary/aromatic N) is 1. The van der Waals surface area contributed by atoms with Crippen LogP contribution in [0, 0.1) is 0 Å². The quantitative estimate of drug-likeness (QED) is 0.159. The summed E-state index contributed by atoms with van der Waals surface area (Å²) < 4.78 is 44.6. The van der Waals surface area contributed by atoms with Gasteiger partial charge in [-0.15, -0.1) is 0 Å². The van der Waals surface area contributed by atoms with Crippen molar-refractivity contribution in [2.45, 2.75) is 32.4 Å². The summed E-state index contributed by atoms with van der Waals surface area (Å²) in [6.07, 6.45) is -4.80. The second-order valence-corrected chi connectivity index (χ2v) is 10.6. The van der Waals surface area contributed by atoms with Crippen molar-refractivity contribution >= 4 is 29.4 Å². The Bertz CT molecular complexity index is 1740. The van der Waals surface area contributed by atoms with Gasteiger partial charge in [-0.25, -0.2) is 4.79 Å². The zero-order valence-corrected chi connectivity index (χ0v) is 25.7. The van der Waals surface area contributed by atoms with E-state index >= 15 is 0 Å². The Morgan fingerprint density at radius 3 is 2.09 bits per heavy atom. The highest BCUT2D eigenvalue weighted by Crippen LogP contribution is 2.32. The van der Waals surface area contributed by atoms with Gasteiger partial charge in [-0.3, -0.25) is 14.4 Å². The fourth-order valence-electron chi connectivity index (χ4n) is 5.09. The van der Waals surface area contributed by atoms with Crippen LogP contribution >= 0.6 is 0 Å². The molecule has 0 spiro atoms. The van der Waals surface area contributed by atoms with E-state index in [9.17, 15) is 37.5 Å². The van der Waals surface area contributed by atoms with Gasteiger partial charge in [-0.1, -0.05) is 66.7 Å². The predicted molar refractivity (Wildman–Crippen MR) is 170 cm³/mol. The van der Waals surface area contributed by atoms with Crippen LogP contribution in [0.1, 0.15) is 57.2 Å². The van der Waals surface area contributed by atoms with Crippen molar-refractivity contribution in [3.63, 3.8) is 0 Å². The Kier molecular flexibility index (Phi) is 11.1. The van der Waals surface area contributed by atoms with Crippen molar-refractivity contribution < 1.29 is 42.2 Å². The second kappa shape index (κ2) is 15.2. The van der Waals surface area contributed by atoms with Crippen LogP contribution in [0.5, 0.6) is 0 Å². The molecule has 2 N–H and O–H groups in total. The fraction of sp³-hybridized carbons (Fsp3) is 0.222. The van der Waals surface area contributed by atoms with E-state index in [1.54, 1.807) is 47.4 Å². The van der Waals surface area contributed by atoms with E-state index < -0.39 is 35.5 Å². The molecule has 4 rings (SSSR count). The standard InChI is InChI=1S/C36H33F3N2O6/c1-3-41(4-2)34(44)30(24-10-6-5-7-11-24)22-47-32(42)21-23-14-19-31(29(20-23)35(45)46)40-33(43)28-13-9-8-12-27(28)25-15-17-26(18-16-25)36(37,38)39/h5-20,30H,3-4,21-22H2,1-2H3,(H,40,43)(H,45,46). The molecule has 0 aliphatic carbocycles. The van der Waals surface area contributed by atoms with Crippen molar-refractivity contribution in [3.8, 4) is 11.1 Å². The number of esters is 1. The summed E-state index contributed by atoms with van der Waals surface area (Å²) in [7, 11) is 0. The van der Waals surface area contributed by atoms with E-state index in [4.69, 9.17) is 4.74 Å². The summed E-state index contributed by atoms with van der Waals surface area (Å²) in [6.45, 7) is 4.51. The molecule has 0 saturated carbocycles. The van der Waals surface area contributed by atoms with Crippen LogP contribution in [-0.4, -0.2) is 53.5 Å². The first-order chi connectivity index (χ1) is 22.4. The number of halogens is 3. The van der Waals surface area contributed by atoms with Gasteiger partial charge in [0.1, 0.15) is 6.61 Å². The van der Waals surface area contributed by atoms with E-state index in [1.165, 1.54) is 36.4 Å². The summed E-state index contributed by atoms with van der Waals surface area (Å²) >= 11 is 0. The number of aromatic carboxylic acids is 1. The van der Waals surface area contributed by atoms with Crippen LogP contribution in [-0.2, 0) is 26.9 Å². The van der Waals surface area contributed by atoms with Gasteiger partial charge in [0.05, 0.1) is 29.2 Å². The highest BCUT2D eigenvalue weighted by Gasteiger charge is 2.30. The highest BCUT2D eigenvalue weighted by molar-refractivity contribution is 6.11. The van der Waals surface area contributed by atoms with Gasteiger partial charge >= 0.3 is 18.1 Å². The fourth-order valence-corrected chi connectivity index (χ4v) is 5.09. The van der Waals surface area contributed by atoms with Crippen molar-refractivity contribution in [1.82, 2.24) is 4.90 Å². The van der Waals surface area contributed by atoms with Gasteiger partial charge in [0.15, 0.2) is 0 Å². The van der Waals surface area contributed by atoms with Crippen molar-refractivity contribution in [3.05, 3.63) is 125 Å². The van der Waals surface area contributed by atoms with Crippen molar-refractivity contribution in [2.24, 2.45) is 0 Å². The molecule has 0 fully saturated rings. The minimum Gasteiger partial charge on any atom is -0.478 e. The molecule has 4 aromatic rings. The molecule has 1 atom stereocenters. The van der Waals surface area contributed by atoms with Gasteiger partial charge < -0.3 is 20.1 Å². The van der Waals surface area contributed by atoms with Gasteiger partial charge in [-0.05, 0) is 66.4 Å². The minimum atomic E-state index is -4.51. The Morgan fingerprint density at radius 2 is 1.47 bits per heavy atom. The first kappa shape index (κ1) is 34.4. The molecule has 11 heteroatoms. The molecule has 0 aliphatic rings. The van der Waals surface area contributed by atoms with E-state index in [0.29, 0.717) is 35.3 Å². The number of nitrogens with one attached hydrogen (secondary N) is 1. The van der Waals surface area contributed by atoms with E-state index in [-0.39, 0.29) is 35.7 Å². The molecule has 0 heterocycles. The van der Waals surface area contributed by atoms with E-state index in [2.05, 4.69) is 5.32 Å². The lowest BCUT2D eigenvalue weighted by atomic mass is 9.97. The highest BCUT2D eigenvalue weighted by atomic mass is 19.4. The first-order valence-electron chi connectivity index (χ1n) is 14.9. The average molecular weight is 647 g/mol. The average Bonchev–Trinajstić information content (AvgIpc) is 3.06. The Hall–Kier alpha value is -5.45. The number of carbonyl (C=O) groups excluding carboxylic acids is 3. The minimum absolute atomic E-state index is 0.0456. The molecule has 0 radical (unpaired) electrons. The lowest BCUT2D eigenvalue weighted by Crippen LogP contribution is -2.37. The number of likely N-dealkylation sites (N-methyl/N-ethyl adjacent to an activating group) is 1. The summed E-state index contributed by atoms with van der Waals surface area (Å²) in [4.78, 5) is 53.1. The molecular formula is C36H33F3N2O6. The second-order valence-electron chi connectivity index (χ2n) is 10.6. The topological polar surface area (TPSA) is 113 Å². The number of hydrogen-bond acceptors (Lipinski definition) is 5. The van der Waals surface area contributed by atoms with Gasteiger partial charge in [0, 0.05) is 18.7 Å². The maximum Gasteiger partial charge on any atom is 0.416 e. The molecule has 0 bridgehead atoms. The largest absolute Gasteiger partial charge is 0.478 e. The third-order valence-electron chi connectivity index (χ3n) is 7.59. The number of carboxylic acid groups (broad SMARTS) is 1. The Labute approximate surface area is 269 Å². The van der Waals surface area contributed by atoms with Gasteiger partial charge in [-0.2, -0.15) is 13.2 Å². The number of alkyl halides is 3.